The summed E-state index contributed by atoms with van der Waals surface area (Å²) >= 11 is 0. The molecule has 1 saturated heterocycles. The summed E-state index contributed by atoms with van der Waals surface area (Å²) in [5.74, 6) is 1.37. The molecule has 2 aliphatic rings. The lowest BCUT2D eigenvalue weighted by molar-refractivity contribution is 0.110. The van der Waals surface area contributed by atoms with Crippen LogP contribution in [0.1, 0.15) is 43.0 Å². The van der Waals surface area contributed by atoms with E-state index in [0.29, 0.717) is 38.0 Å². The Morgan fingerprint density at radius 1 is 1.15 bits per heavy atom. The topological polar surface area (TPSA) is 76.9 Å². The second-order valence-corrected chi connectivity index (χ2v) is 6.85. The number of likely N-dealkylation sites (tertiary alicyclic amines) is 1. The molecular weight excluding hydrogens is 336 g/mol. The number of piperidine rings is 1. The van der Waals surface area contributed by atoms with E-state index < -0.39 is 0 Å². The number of fused-ring (bicyclic) bond motifs is 1. The third-order valence-corrected chi connectivity index (χ3v) is 5.01. The molecule has 0 spiro atoms. The second-order valence-electron chi connectivity index (χ2n) is 6.85. The Balaban J connectivity index is 1.69. The molecule has 3 rings (SSSR count). The largest absolute Gasteiger partial charge is 0.453 e. The van der Waals surface area contributed by atoms with Gasteiger partial charge in [-0.2, -0.15) is 0 Å². The van der Waals surface area contributed by atoms with Crippen molar-refractivity contribution in [2.75, 3.05) is 26.7 Å². The van der Waals surface area contributed by atoms with E-state index in [9.17, 15) is 9.59 Å². The predicted octanol–water partition coefficient (Wildman–Crippen LogP) is 2.62. The van der Waals surface area contributed by atoms with Gasteiger partial charge in [0.25, 0.3) is 0 Å². The number of carbonyl (C=O) groups is 2. The highest BCUT2D eigenvalue weighted by Gasteiger charge is 2.31. The average Bonchev–Trinajstić information content (AvgIpc) is 2.95. The van der Waals surface area contributed by atoms with Crippen LogP contribution in [0.2, 0.25) is 0 Å². The number of allylic oxidation sites excluding steroid dienone is 1. The molecule has 0 unspecified atom stereocenters. The van der Waals surface area contributed by atoms with Gasteiger partial charge in [0, 0.05) is 37.8 Å². The second kappa shape index (κ2) is 7.39. The number of nitrogens with zero attached hydrogens (tertiary/aromatic N) is 4. The molecule has 1 fully saturated rings. The Hall–Kier alpha value is -2.51. The fraction of sp³-hybridized carbons (Fsp3) is 0.611. The van der Waals surface area contributed by atoms with Gasteiger partial charge in [-0.1, -0.05) is 6.58 Å². The molecule has 8 heteroatoms. The molecule has 2 amide bonds. The van der Waals surface area contributed by atoms with E-state index in [4.69, 9.17) is 9.47 Å². The molecule has 142 valence electrons. The number of hydrogen-bond acceptors (Lipinski definition) is 5. The molecule has 0 radical (unpaired) electrons. The first-order valence-electron chi connectivity index (χ1n) is 8.92. The molecule has 1 aromatic rings. The van der Waals surface area contributed by atoms with Gasteiger partial charge in [0.1, 0.15) is 5.82 Å². The summed E-state index contributed by atoms with van der Waals surface area (Å²) in [6.07, 6.45) is 1.84. The van der Waals surface area contributed by atoms with E-state index in [-0.39, 0.29) is 12.2 Å². The van der Waals surface area contributed by atoms with Crippen LogP contribution in [0, 0.1) is 6.92 Å². The van der Waals surface area contributed by atoms with Gasteiger partial charge in [0.05, 0.1) is 25.1 Å². The van der Waals surface area contributed by atoms with E-state index in [2.05, 4.69) is 16.1 Å². The van der Waals surface area contributed by atoms with Crippen molar-refractivity contribution in [1.29, 1.82) is 0 Å². The van der Waals surface area contributed by atoms with Gasteiger partial charge in [-0.3, -0.25) is 0 Å². The van der Waals surface area contributed by atoms with E-state index in [1.54, 1.807) is 16.7 Å². The highest BCUT2D eigenvalue weighted by Crippen LogP contribution is 2.30. The number of hydrogen-bond donors (Lipinski definition) is 0. The first-order chi connectivity index (χ1) is 12.4. The van der Waals surface area contributed by atoms with Gasteiger partial charge in [-0.25, -0.2) is 14.6 Å². The Bertz CT molecular complexity index is 719. The van der Waals surface area contributed by atoms with Gasteiger partial charge in [0.15, 0.2) is 0 Å². The quantitative estimate of drug-likeness (QED) is 0.756. The molecule has 0 N–H and O–H groups in total. The first kappa shape index (κ1) is 18.3. The van der Waals surface area contributed by atoms with Crippen molar-refractivity contribution in [2.24, 2.45) is 0 Å². The van der Waals surface area contributed by atoms with Crippen molar-refractivity contribution in [3.8, 4) is 0 Å². The number of carbonyl (C=O) groups excluding carboxylic acids is 2. The minimum Gasteiger partial charge on any atom is -0.453 e. The molecule has 1 aromatic heterocycles. The van der Waals surface area contributed by atoms with Gasteiger partial charge >= 0.3 is 12.2 Å². The lowest BCUT2D eigenvalue weighted by atomic mass is 10.0. The molecule has 3 heterocycles. The number of amides is 2. The fourth-order valence-corrected chi connectivity index (χ4v) is 3.83. The van der Waals surface area contributed by atoms with Crippen LogP contribution in [-0.2, 0) is 22.4 Å². The molecule has 0 saturated carbocycles. The summed E-state index contributed by atoms with van der Waals surface area (Å²) in [7, 11) is 1.40. The zero-order chi connectivity index (χ0) is 18.8. The van der Waals surface area contributed by atoms with Gasteiger partial charge in [0.2, 0.25) is 0 Å². The molecule has 0 bridgehead atoms. The van der Waals surface area contributed by atoms with Crippen molar-refractivity contribution >= 4 is 12.2 Å². The number of rotatable bonds is 2. The maximum Gasteiger partial charge on any atom is 0.414 e. The highest BCUT2D eigenvalue weighted by molar-refractivity contribution is 5.69. The summed E-state index contributed by atoms with van der Waals surface area (Å²) in [6, 6.07) is 0.310. The maximum absolute atomic E-state index is 12.0. The zero-order valence-corrected chi connectivity index (χ0v) is 15.7. The summed E-state index contributed by atoms with van der Waals surface area (Å²) in [5, 5.41) is 0. The van der Waals surface area contributed by atoms with Crippen LogP contribution in [0.15, 0.2) is 12.3 Å². The number of aromatic nitrogens is 2. The molecule has 0 aliphatic carbocycles. The van der Waals surface area contributed by atoms with E-state index in [0.717, 1.165) is 30.8 Å². The Kier molecular flexibility index (Phi) is 5.20. The lowest BCUT2D eigenvalue weighted by Crippen LogP contribution is -2.40. The van der Waals surface area contributed by atoms with Crippen LogP contribution in [-0.4, -0.2) is 58.3 Å². The Morgan fingerprint density at radius 3 is 2.46 bits per heavy atom. The van der Waals surface area contributed by atoms with Crippen LogP contribution in [0.5, 0.6) is 0 Å². The third-order valence-electron chi connectivity index (χ3n) is 5.01. The van der Waals surface area contributed by atoms with Crippen LogP contribution in [0.3, 0.4) is 0 Å². The summed E-state index contributed by atoms with van der Waals surface area (Å²) in [5.41, 5.74) is 2.15. The monoisotopic (exact) mass is 362 g/mol. The minimum atomic E-state index is -0.325. The summed E-state index contributed by atoms with van der Waals surface area (Å²) in [6.45, 7) is 9.70. The number of ether oxygens (including phenoxy) is 2. The highest BCUT2D eigenvalue weighted by atomic mass is 16.6. The van der Waals surface area contributed by atoms with Crippen molar-refractivity contribution in [3.63, 3.8) is 0 Å². The molecule has 26 heavy (non-hydrogen) atoms. The van der Waals surface area contributed by atoms with Crippen LogP contribution in [0.4, 0.5) is 9.59 Å². The zero-order valence-electron chi connectivity index (χ0n) is 15.7. The molecule has 2 aliphatic heterocycles. The van der Waals surface area contributed by atoms with Crippen molar-refractivity contribution in [3.05, 3.63) is 29.6 Å². The third kappa shape index (κ3) is 3.54. The molecular formula is C18H26N4O4. The van der Waals surface area contributed by atoms with Crippen LogP contribution >= 0.6 is 0 Å². The maximum atomic E-state index is 12.0. The van der Waals surface area contributed by atoms with Gasteiger partial charge in [-0.05, 0) is 26.7 Å². The average molecular weight is 362 g/mol. The van der Waals surface area contributed by atoms with Crippen molar-refractivity contribution < 1.29 is 19.1 Å². The molecule has 0 atom stereocenters. The predicted molar refractivity (Wildman–Crippen MR) is 94.6 cm³/mol. The number of methoxy groups -OCH3 is 1. The van der Waals surface area contributed by atoms with Gasteiger partial charge < -0.3 is 23.8 Å². The molecule has 8 nitrogen and oxygen atoms in total. The van der Waals surface area contributed by atoms with Crippen molar-refractivity contribution in [1.82, 2.24) is 19.4 Å². The SMILES string of the molecule is C=C(C)OC(=O)N1CCC(n2c(C)nc3c2CCN(C(=O)OC)C3)CC1. The smallest absolute Gasteiger partial charge is 0.414 e. The lowest BCUT2D eigenvalue weighted by Gasteiger charge is -2.34. The van der Waals surface area contributed by atoms with Gasteiger partial charge in [-0.15, -0.1) is 0 Å². The Labute approximate surface area is 153 Å². The fourth-order valence-electron chi connectivity index (χ4n) is 3.83. The van der Waals surface area contributed by atoms with E-state index in [1.807, 2.05) is 6.92 Å². The minimum absolute atomic E-state index is 0.310. The van der Waals surface area contributed by atoms with Crippen molar-refractivity contribution in [2.45, 2.75) is 45.7 Å². The van der Waals surface area contributed by atoms with Crippen LogP contribution < -0.4 is 0 Å². The van der Waals surface area contributed by atoms with E-state index in [1.165, 1.54) is 12.8 Å². The Morgan fingerprint density at radius 2 is 1.85 bits per heavy atom. The number of imidazole rings is 1. The molecule has 0 aromatic carbocycles. The van der Waals surface area contributed by atoms with E-state index >= 15 is 0 Å². The standard InChI is InChI=1S/C18H26N4O4/c1-12(2)26-18(24)20-8-5-14(6-9-20)22-13(3)19-15-11-21(17(23)25-4)10-7-16(15)22/h14H,1,5-11H2,2-4H3. The summed E-state index contributed by atoms with van der Waals surface area (Å²) in [4.78, 5) is 31.8. The first-order valence-corrected chi connectivity index (χ1v) is 8.92. The van der Waals surface area contributed by atoms with Crippen LogP contribution in [0.25, 0.3) is 0 Å². The number of aryl methyl sites for hydroxylation is 1. The normalized spacial score (nSPS) is 17.7. The summed E-state index contributed by atoms with van der Waals surface area (Å²) < 4.78 is 12.2.